The summed E-state index contributed by atoms with van der Waals surface area (Å²) in [5, 5.41) is 3.76. The number of hydrogen-bond acceptors (Lipinski definition) is 4. The minimum atomic E-state index is -0.280. The average molecular weight is 184 g/mol. The van der Waals surface area contributed by atoms with Crippen LogP contribution in [-0.4, -0.2) is 17.5 Å². The first-order chi connectivity index (χ1) is 6.15. The smallest absolute Gasteiger partial charge is 0.248 e. The van der Waals surface area contributed by atoms with Crippen LogP contribution >= 0.6 is 0 Å². The van der Waals surface area contributed by atoms with Gasteiger partial charge in [-0.2, -0.15) is 5.10 Å². The lowest BCUT2D eigenvalue weighted by Crippen LogP contribution is -2.31. The van der Waals surface area contributed by atoms with Crippen molar-refractivity contribution in [3.63, 3.8) is 0 Å². The summed E-state index contributed by atoms with van der Waals surface area (Å²) in [6, 6.07) is 0. The maximum absolute atomic E-state index is 11.1. The number of carbonyl (C=O) groups is 2. The molecule has 0 radical (unpaired) electrons. The Hall–Kier alpha value is -1.43. The molecule has 6 heteroatoms. The second kappa shape index (κ2) is 3.99. The summed E-state index contributed by atoms with van der Waals surface area (Å²) in [5.74, 6) is 4.19. The molecule has 0 spiro atoms. The number of amides is 2. The van der Waals surface area contributed by atoms with Crippen LogP contribution in [0.15, 0.2) is 5.10 Å². The molecule has 1 aliphatic rings. The van der Waals surface area contributed by atoms with Gasteiger partial charge >= 0.3 is 0 Å². The fraction of sp³-hybridized carbons (Fsp3) is 0.571. The first kappa shape index (κ1) is 9.66. The van der Waals surface area contributed by atoms with Crippen molar-refractivity contribution in [2.45, 2.75) is 19.8 Å². The maximum atomic E-state index is 11.1. The molecule has 1 rings (SSSR count). The molecule has 0 aromatic heterocycles. The topological polar surface area (TPSA) is 96.6 Å². The number of nitrogens with one attached hydrogen (secondary N) is 2. The molecule has 1 aliphatic heterocycles. The van der Waals surface area contributed by atoms with Gasteiger partial charge in [0.25, 0.3) is 0 Å². The van der Waals surface area contributed by atoms with Crippen LogP contribution in [0.2, 0.25) is 0 Å². The highest BCUT2D eigenvalue weighted by molar-refractivity contribution is 6.07. The van der Waals surface area contributed by atoms with Gasteiger partial charge in [-0.25, -0.2) is 11.3 Å². The molecule has 13 heavy (non-hydrogen) atoms. The Balaban J connectivity index is 2.40. The van der Waals surface area contributed by atoms with Gasteiger partial charge in [0.2, 0.25) is 11.8 Å². The minimum absolute atomic E-state index is 0.151. The Morgan fingerprint density at radius 2 is 2.46 bits per heavy atom. The summed E-state index contributed by atoms with van der Waals surface area (Å²) in [6.07, 6.45) is 0.686. The zero-order chi connectivity index (χ0) is 9.84. The van der Waals surface area contributed by atoms with Crippen molar-refractivity contribution in [1.82, 2.24) is 10.9 Å². The quantitative estimate of drug-likeness (QED) is 0.294. The van der Waals surface area contributed by atoms with Gasteiger partial charge in [0.1, 0.15) is 0 Å². The lowest BCUT2D eigenvalue weighted by molar-refractivity contribution is -0.123. The highest BCUT2D eigenvalue weighted by Gasteiger charge is 2.26. The first-order valence-corrected chi connectivity index (χ1v) is 3.98. The van der Waals surface area contributed by atoms with Crippen LogP contribution in [0.5, 0.6) is 0 Å². The number of carbonyl (C=O) groups excluding carboxylic acids is 2. The molecule has 0 saturated heterocycles. The van der Waals surface area contributed by atoms with E-state index in [0.717, 1.165) is 5.71 Å². The van der Waals surface area contributed by atoms with Crippen molar-refractivity contribution in [3.8, 4) is 0 Å². The number of nitrogens with two attached hydrogens (primary N) is 1. The molecular weight excluding hydrogens is 172 g/mol. The van der Waals surface area contributed by atoms with Crippen molar-refractivity contribution in [2.75, 3.05) is 0 Å². The normalized spacial score (nSPS) is 20.9. The second-order valence-electron chi connectivity index (χ2n) is 2.89. The summed E-state index contributed by atoms with van der Waals surface area (Å²) < 4.78 is 0. The predicted molar refractivity (Wildman–Crippen MR) is 46.3 cm³/mol. The van der Waals surface area contributed by atoms with E-state index >= 15 is 0 Å². The number of hydrazine groups is 1. The summed E-state index contributed by atoms with van der Waals surface area (Å²) in [4.78, 5) is 21.9. The fourth-order valence-electron chi connectivity index (χ4n) is 1.18. The van der Waals surface area contributed by atoms with E-state index in [1.807, 2.05) is 5.43 Å². The van der Waals surface area contributed by atoms with Crippen LogP contribution in [0.25, 0.3) is 0 Å². The van der Waals surface area contributed by atoms with Crippen molar-refractivity contribution in [1.29, 1.82) is 0 Å². The Bertz CT molecular complexity index is 261. The Labute approximate surface area is 75.5 Å². The van der Waals surface area contributed by atoms with E-state index in [1.165, 1.54) is 0 Å². The number of hydrogen-bond donors (Lipinski definition) is 3. The lowest BCUT2D eigenvalue weighted by Gasteiger charge is -2.05. The van der Waals surface area contributed by atoms with Gasteiger partial charge in [-0.15, -0.1) is 0 Å². The molecule has 0 fully saturated rings. The summed E-state index contributed by atoms with van der Waals surface area (Å²) in [6.45, 7) is 1.75. The van der Waals surface area contributed by atoms with Crippen LogP contribution in [0, 0.1) is 5.92 Å². The third-order valence-corrected chi connectivity index (χ3v) is 1.98. The maximum Gasteiger partial charge on any atom is 0.248 e. The van der Waals surface area contributed by atoms with E-state index in [4.69, 9.17) is 5.84 Å². The molecule has 0 aromatic carbocycles. The van der Waals surface area contributed by atoms with Crippen molar-refractivity contribution >= 4 is 17.5 Å². The van der Waals surface area contributed by atoms with Crippen LogP contribution in [-0.2, 0) is 9.59 Å². The van der Waals surface area contributed by atoms with Crippen LogP contribution < -0.4 is 16.7 Å². The van der Waals surface area contributed by atoms with Gasteiger partial charge in [-0.05, 0) is 13.3 Å². The van der Waals surface area contributed by atoms with E-state index in [9.17, 15) is 9.59 Å². The zero-order valence-corrected chi connectivity index (χ0v) is 7.33. The molecule has 2 amide bonds. The van der Waals surface area contributed by atoms with E-state index in [0.29, 0.717) is 6.42 Å². The molecule has 0 unspecified atom stereocenters. The highest BCUT2D eigenvalue weighted by Crippen LogP contribution is 2.13. The average Bonchev–Trinajstić information content (AvgIpc) is 2.43. The van der Waals surface area contributed by atoms with Crippen molar-refractivity contribution in [3.05, 3.63) is 0 Å². The molecule has 4 N–H and O–H groups in total. The van der Waals surface area contributed by atoms with E-state index in [-0.39, 0.29) is 24.2 Å². The molecule has 0 bridgehead atoms. The van der Waals surface area contributed by atoms with Crippen LogP contribution in [0.4, 0.5) is 0 Å². The third-order valence-electron chi connectivity index (χ3n) is 1.98. The minimum Gasteiger partial charge on any atom is -0.294 e. The third kappa shape index (κ3) is 2.25. The van der Waals surface area contributed by atoms with Gasteiger partial charge in [-0.3, -0.25) is 15.0 Å². The number of hydrazone groups is 1. The van der Waals surface area contributed by atoms with Crippen LogP contribution in [0.1, 0.15) is 19.8 Å². The molecule has 0 aromatic rings. The van der Waals surface area contributed by atoms with Gasteiger partial charge in [0, 0.05) is 12.1 Å². The number of nitrogens with zero attached hydrogens (tertiary/aromatic N) is 1. The van der Waals surface area contributed by atoms with Gasteiger partial charge in [-0.1, -0.05) is 0 Å². The SMILES string of the molecule is CC1=NNC(=O)[C@H]1CCC(=O)NN. The largest absolute Gasteiger partial charge is 0.294 e. The van der Waals surface area contributed by atoms with Gasteiger partial charge < -0.3 is 0 Å². The highest BCUT2D eigenvalue weighted by atomic mass is 16.2. The predicted octanol–water partition coefficient (Wildman–Crippen LogP) is -1.12. The zero-order valence-electron chi connectivity index (χ0n) is 7.33. The molecule has 72 valence electrons. The van der Waals surface area contributed by atoms with Crippen molar-refractivity contribution in [2.24, 2.45) is 16.9 Å². The van der Waals surface area contributed by atoms with Gasteiger partial charge in [0.15, 0.2) is 0 Å². The molecule has 0 saturated carbocycles. The Kier molecular flexibility index (Phi) is 2.97. The Morgan fingerprint density at radius 1 is 1.77 bits per heavy atom. The molecular formula is C7H12N4O2. The lowest BCUT2D eigenvalue weighted by atomic mass is 9.99. The molecule has 1 heterocycles. The monoisotopic (exact) mass is 184 g/mol. The summed E-state index contributed by atoms with van der Waals surface area (Å²) in [7, 11) is 0. The standard InChI is InChI=1S/C7H12N4O2/c1-4-5(7(13)11-10-4)2-3-6(12)9-8/h5H,2-3,8H2,1H3,(H,9,12)(H,11,13)/t5-/m0/s1. The second-order valence-corrected chi connectivity index (χ2v) is 2.89. The summed E-state index contributed by atoms with van der Waals surface area (Å²) >= 11 is 0. The van der Waals surface area contributed by atoms with Crippen LogP contribution in [0.3, 0.4) is 0 Å². The van der Waals surface area contributed by atoms with E-state index < -0.39 is 0 Å². The fourth-order valence-corrected chi connectivity index (χ4v) is 1.18. The number of rotatable bonds is 3. The first-order valence-electron chi connectivity index (χ1n) is 3.98. The van der Waals surface area contributed by atoms with E-state index in [1.54, 1.807) is 6.92 Å². The van der Waals surface area contributed by atoms with E-state index in [2.05, 4.69) is 10.5 Å². The molecule has 1 atom stereocenters. The Morgan fingerprint density at radius 3 is 2.92 bits per heavy atom. The van der Waals surface area contributed by atoms with Crippen molar-refractivity contribution < 1.29 is 9.59 Å². The molecule has 0 aliphatic carbocycles. The molecule has 6 nitrogen and oxygen atoms in total. The summed E-state index contributed by atoms with van der Waals surface area (Å²) in [5.41, 5.74) is 5.07. The van der Waals surface area contributed by atoms with Gasteiger partial charge in [0.05, 0.1) is 5.92 Å².